The molecule has 2 aromatic carbocycles. The lowest BCUT2D eigenvalue weighted by atomic mass is 10.1. The zero-order valence-electron chi connectivity index (χ0n) is 12.4. The Morgan fingerprint density at radius 3 is 2.70 bits per heavy atom. The van der Waals surface area contributed by atoms with Crippen molar-refractivity contribution in [2.24, 2.45) is 0 Å². The highest BCUT2D eigenvalue weighted by atomic mass is 16.5. The van der Waals surface area contributed by atoms with E-state index in [2.05, 4.69) is 10.1 Å². The molecule has 0 fully saturated rings. The van der Waals surface area contributed by atoms with Gasteiger partial charge in [-0.3, -0.25) is 0 Å². The number of carboxylic acid groups (broad SMARTS) is 1. The zero-order chi connectivity index (χ0) is 16.2. The first-order chi connectivity index (χ1) is 11.1. The van der Waals surface area contributed by atoms with Gasteiger partial charge < -0.3 is 14.4 Å². The number of carboxylic acids is 1. The fraction of sp³-hybridized carbons (Fsp3) is 0.118. The van der Waals surface area contributed by atoms with E-state index in [9.17, 15) is 4.79 Å². The molecule has 3 aromatic rings. The molecule has 1 aromatic heterocycles. The van der Waals surface area contributed by atoms with Crippen LogP contribution < -0.4 is 4.74 Å². The van der Waals surface area contributed by atoms with Gasteiger partial charge in [-0.2, -0.15) is 4.98 Å². The van der Waals surface area contributed by atoms with E-state index in [1.807, 2.05) is 31.2 Å². The number of hydrogen-bond acceptors (Lipinski definition) is 5. The molecule has 0 aliphatic carbocycles. The van der Waals surface area contributed by atoms with E-state index in [-0.39, 0.29) is 12.2 Å². The number of carbonyl (C=O) groups is 1. The third-order valence-electron chi connectivity index (χ3n) is 3.21. The summed E-state index contributed by atoms with van der Waals surface area (Å²) in [6, 6.07) is 13.9. The van der Waals surface area contributed by atoms with Gasteiger partial charge in [0, 0.05) is 5.56 Å². The minimum atomic E-state index is -0.976. The van der Waals surface area contributed by atoms with E-state index < -0.39 is 5.97 Å². The molecule has 6 nitrogen and oxygen atoms in total. The maximum Gasteiger partial charge on any atom is 0.335 e. The lowest BCUT2D eigenvalue weighted by Gasteiger charge is -2.02. The average Bonchev–Trinajstić information content (AvgIpc) is 3.02. The average molecular weight is 310 g/mol. The Kier molecular flexibility index (Phi) is 4.05. The van der Waals surface area contributed by atoms with Crippen LogP contribution in [0.5, 0.6) is 5.75 Å². The fourth-order valence-electron chi connectivity index (χ4n) is 2.05. The summed E-state index contributed by atoms with van der Waals surface area (Å²) in [5.41, 5.74) is 2.20. The van der Waals surface area contributed by atoms with E-state index in [1.54, 1.807) is 12.1 Å². The third kappa shape index (κ3) is 3.55. The van der Waals surface area contributed by atoms with Crippen molar-refractivity contribution in [1.29, 1.82) is 0 Å². The van der Waals surface area contributed by atoms with Crippen LogP contribution in [-0.4, -0.2) is 21.2 Å². The molecule has 0 aliphatic heterocycles. The summed E-state index contributed by atoms with van der Waals surface area (Å²) in [5, 5.41) is 12.8. The van der Waals surface area contributed by atoms with Crippen molar-refractivity contribution in [1.82, 2.24) is 10.1 Å². The molecule has 0 spiro atoms. The number of aromatic carboxylic acids is 1. The lowest BCUT2D eigenvalue weighted by molar-refractivity contribution is 0.0697. The minimum Gasteiger partial charge on any atom is -0.484 e. The molecule has 1 heterocycles. The molecule has 116 valence electrons. The van der Waals surface area contributed by atoms with Crippen molar-refractivity contribution in [3.63, 3.8) is 0 Å². The van der Waals surface area contributed by atoms with E-state index in [0.717, 1.165) is 11.1 Å². The van der Waals surface area contributed by atoms with Crippen LogP contribution in [0.4, 0.5) is 0 Å². The highest BCUT2D eigenvalue weighted by Crippen LogP contribution is 2.18. The Morgan fingerprint density at radius 2 is 2.00 bits per heavy atom. The summed E-state index contributed by atoms with van der Waals surface area (Å²) in [6.45, 7) is 2.11. The van der Waals surface area contributed by atoms with Crippen LogP contribution in [0.2, 0.25) is 0 Å². The van der Waals surface area contributed by atoms with Crippen LogP contribution in [0, 0.1) is 6.92 Å². The fourth-order valence-corrected chi connectivity index (χ4v) is 2.05. The Labute approximate surface area is 132 Å². The van der Waals surface area contributed by atoms with Gasteiger partial charge in [-0.15, -0.1) is 0 Å². The summed E-state index contributed by atoms with van der Waals surface area (Å²) >= 11 is 0. The molecule has 0 saturated carbocycles. The first kappa shape index (κ1) is 14.8. The number of benzene rings is 2. The summed E-state index contributed by atoms with van der Waals surface area (Å²) in [7, 11) is 0. The molecular weight excluding hydrogens is 296 g/mol. The molecule has 6 heteroatoms. The van der Waals surface area contributed by atoms with Gasteiger partial charge in [0.1, 0.15) is 5.75 Å². The van der Waals surface area contributed by atoms with Crippen molar-refractivity contribution in [2.75, 3.05) is 0 Å². The quantitative estimate of drug-likeness (QED) is 0.778. The summed E-state index contributed by atoms with van der Waals surface area (Å²) < 4.78 is 10.7. The SMILES string of the molecule is Cc1cccc(-c2noc(COc3ccc(C(=O)O)cc3)n2)c1. The van der Waals surface area contributed by atoms with Crippen molar-refractivity contribution >= 4 is 5.97 Å². The van der Waals surface area contributed by atoms with Gasteiger partial charge in [0.25, 0.3) is 5.89 Å². The second kappa shape index (κ2) is 6.31. The first-order valence-electron chi connectivity index (χ1n) is 6.97. The number of rotatable bonds is 5. The molecule has 0 saturated heterocycles. The van der Waals surface area contributed by atoms with Gasteiger partial charge in [-0.1, -0.05) is 28.9 Å². The van der Waals surface area contributed by atoms with Crippen LogP contribution in [0.1, 0.15) is 21.8 Å². The van der Waals surface area contributed by atoms with Gasteiger partial charge in [0.15, 0.2) is 6.61 Å². The second-order valence-corrected chi connectivity index (χ2v) is 5.00. The Hall–Kier alpha value is -3.15. The van der Waals surface area contributed by atoms with Crippen LogP contribution >= 0.6 is 0 Å². The number of hydrogen-bond donors (Lipinski definition) is 1. The number of nitrogens with zero attached hydrogens (tertiary/aromatic N) is 2. The van der Waals surface area contributed by atoms with Gasteiger partial charge in [-0.25, -0.2) is 4.79 Å². The monoisotopic (exact) mass is 310 g/mol. The molecule has 0 amide bonds. The number of aryl methyl sites for hydroxylation is 1. The van der Waals surface area contributed by atoms with E-state index in [0.29, 0.717) is 17.5 Å². The van der Waals surface area contributed by atoms with Crippen molar-refractivity contribution in [3.05, 3.63) is 65.5 Å². The molecule has 0 atom stereocenters. The van der Waals surface area contributed by atoms with Crippen LogP contribution in [0.15, 0.2) is 53.1 Å². The number of aromatic nitrogens is 2. The van der Waals surface area contributed by atoms with E-state index in [4.69, 9.17) is 14.4 Å². The second-order valence-electron chi connectivity index (χ2n) is 5.00. The standard InChI is InChI=1S/C17H14N2O4/c1-11-3-2-4-13(9-11)16-18-15(23-19-16)10-22-14-7-5-12(6-8-14)17(20)21/h2-9H,10H2,1H3,(H,20,21). The van der Waals surface area contributed by atoms with Crippen molar-refractivity contribution < 1.29 is 19.2 Å². The van der Waals surface area contributed by atoms with Gasteiger partial charge in [0.2, 0.25) is 5.82 Å². The van der Waals surface area contributed by atoms with Crippen LogP contribution in [-0.2, 0) is 6.61 Å². The summed E-state index contributed by atoms with van der Waals surface area (Å²) in [4.78, 5) is 15.1. The largest absolute Gasteiger partial charge is 0.484 e. The molecule has 23 heavy (non-hydrogen) atoms. The first-order valence-corrected chi connectivity index (χ1v) is 6.97. The predicted octanol–water partition coefficient (Wildman–Crippen LogP) is 3.32. The maximum atomic E-state index is 10.8. The highest BCUT2D eigenvalue weighted by Gasteiger charge is 2.09. The zero-order valence-corrected chi connectivity index (χ0v) is 12.4. The Morgan fingerprint density at radius 1 is 1.22 bits per heavy atom. The smallest absolute Gasteiger partial charge is 0.335 e. The van der Waals surface area contributed by atoms with Crippen LogP contribution in [0.3, 0.4) is 0 Å². The summed E-state index contributed by atoms with van der Waals surface area (Å²) in [6.07, 6.45) is 0. The molecular formula is C17H14N2O4. The molecule has 0 radical (unpaired) electrons. The predicted molar refractivity (Wildman–Crippen MR) is 82.2 cm³/mol. The molecule has 3 rings (SSSR count). The third-order valence-corrected chi connectivity index (χ3v) is 3.21. The van der Waals surface area contributed by atoms with Gasteiger partial charge >= 0.3 is 5.97 Å². The van der Waals surface area contributed by atoms with Gasteiger partial charge in [0.05, 0.1) is 5.56 Å². The van der Waals surface area contributed by atoms with Crippen LogP contribution in [0.25, 0.3) is 11.4 Å². The van der Waals surface area contributed by atoms with Crippen molar-refractivity contribution in [2.45, 2.75) is 13.5 Å². The Bertz CT molecular complexity index is 825. The van der Waals surface area contributed by atoms with Gasteiger partial charge in [-0.05, 0) is 37.3 Å². The minimum absolute atomic E-state index is 0.116. The normalized spacial score (nSPS) is 10.5. The maximum absolute atomic E-state index is 10.8. The summed E-state index contributed by atoms with van der Waals surface area (Å²) in [5.74, 6) is 0.416. The molecule has 0 aliphatic rings. The highest BCUT2D eigenvalue weighted by molar-refractivity contribution is 5.87. The number of ether oxygens (including phenoxy) is 1. The lowest BCUT2D eigenvalue weighted by Crippen LogP contribution is -1.98. The van der Waals surface area contributed by atoms with E-state index in [1.165, 1.54) is 12.1 Å². The molecule has 0 unspecified atom stereocenters. The topological polar surface area (TPSA) is 85.5 Å². The van der Waals surface area contributed by atoms with Crippen molar-refractivity contribution in [3.8, 4) is 17.1 Å². The van der Waals surface area contributed by atoms with E-state index >= 15 is 0 Å². The Balaban J connectivity index is 1.66. The molecule has 0 bridgehead atoms. The molecule has 1 N–H and O–H groups in total.